The zero-order valence-corrected chi connectivity index (χ0v) is 20.0. The van der Waals surface area contributed by atoms with E-state index >= 15 is 0 Å². The molecular formula is C21H38IN5O. The fourth-order valence-electron chi connectivity index (χ4n) is 4.42. The van der Waals surface area contributed by atoms with E-state index in [9.17, 15) is 0 Å². The second-order valence-electron chi connectivity index (χ2n) is 8.16. The Morgan fingerprint density at radius 3 is 2.18 bits per heavy atom. The van der Waals surface area contributed by atoms with Gasteiger partial charge >= 0.3 is 0 Å². The summed E-state index contributed by atoms with van der Waals surface area (Å²) in [5.74, 6) is 2.56. The van der Waals surface area contributed by atoms with Gasteiger partial charge in [0.25, 0.3) is 0 Å². The molecule has 3 rings (SSSR count). The Balaban J connectivity index is 0.00000280. The van der Waals surface area contributed by atoms with Crippen molar-refractivity contribution in [3.05, 3.63) is 24.2 Å². The highest BCUT2D eigenvalue weighted by Gasteiger charge is 2.27. The van der Waals surface area contributed by atoms with Gasteiger partial charge in [-0.1, -0.05) is 13.8 Å². The summed E-state index contributed by atoms with van der Waals surface area (Å²) in [4.78, 5) is 9.59. The molecular weight excluding hydrogens is 465 g/mol. The molecule has 2 N–H and O–H groups in total. The topological polar surface area (TPSA) is 56.0 Å². The standard InChI is InChI=1S/C21H37N5O.HI/c1-17(2)18(25-10-4-5-11-25)15-23-21(22-3)24-16-19(20-9-8-14-27-20)26-12-6-7-13-26;/h8-9,14,17-19H,4-7,10-13,15-16H2,1-3H3,(H2,22,23,24);1H. The van der Waals surface area contributed by atoms with Gasteiger partial charge in [0.2, 0.25) is 0 Å². The van der Waals surface area contributed by atoms with Crippen LogP contribution in [0, 0.1) is 5.92 Å². The second-order valence-corrected chi connectivity index (χ2v) is 8.16. The number of hydrogen-bond acceptors (Lipinski definition) is 4. The van der Waals surface area contributed by atoms with Crippen LogP contribution >= 0.6 is 24.0 Å². The molecule has 0 bridgehead atoms. The van der Waals surface area contributed by atoms with Gasteiger partial charge in [-0.2, -0.15) is 0 Å². The van der Waals surface area contributed by atoms with E-state index in [4.69, 9.17) is 4.42 Å². The van der Waals surface area contributed by atoms with Gasteiger partial charge in [0, 0.05) is 26.2 Å². The van der Waals surface area contributed by atoms with E-state index in [1.807, 2.05) is 13.1 Å². The summed E-state index contributed by atoms with van der Waals surface area (Å²) in [5.41, 5.74) is 0. The Morgan fingerprint density at radius 2 is 1.64 bits per heavy atom. The van der Waals surface area contributed by atoms with Gasteiger partial charge < -0.3 is 15.1 Å². The van der Waals surface area contributed by atoms with Crippen molar-refractivity contribution in [2.24, 2.45) is 10.9 Å². The molecule has 1 aromatic heterocycles. The van der Waals surface area contributed by atoms with E-state index in [1.54, 1.807) is 6.26 Å². The number of likely N-dealkylation sites (tertiary alicyclic amines) is 2. The highest BCUT2D eigenvalue weighted by molar-refractivity contribution is 14.0. The van der Waals surface area contributed by atoms with E-state index in [1.165, 1.54) is 38.8 Å². The zero-order valence-electron chi connectivity index (χ0n) is 17.7. The quantitative estimate of drug-likeness (QED) is 0.324. The van der Waals surface area contributed by atoms with Crippen molar-refractivity contribution >= 4 is 29.9 Å². The molecule has 0 saturated carbocycles. The van der Waals surface area contributed by atoms with Crippen LogP contribution in [0.3, 0.4) is 0 Å². The van der Waals surface area contributed by atoms with E-state index in [2.05, 4.69) is 45.3 Å². The predicted molar refractivity (Wildman–Crippen MR) is 126 cm³/mol. The second kappa shape index (κ2) is 12.0. The van der Waals surface area contributed by atoms with Gasteiger partial charge in [-0.15, -0.1) is 24.0 Å². The maximum atomic E-state index is 5.72. The first-order valence-corrected chi connectivity index (χ1v) is 10.6. The van der Waals surface area contributed by atoms with Crippen LogP contribution in [0.15, 0.2) is 27.8 Å². The van der Waals surface area contributed by atoms with Gasteiger partial charge in [-0.05, 0) is 69.9 Å². The summed E-state index contributed by atoms with van der Waals surface area (Å²) in [6, 6.07) is 4.89. The van der Waals surface area contributed by atoms with Crippen molar-refractivity contribution in [3.8, 4) is 0 Å². The third-order valence-electron chi connectivity index (χ3n) is 6.00. The molecule has 7 heteroatoms. The molecule has 28 heavy (non-hydrogen) atoms. The number of nitrogens with one attached hydrogen (secondary N) is 2. The first-order chi connectivity index (χ1) is 13.2. The number of hydrogen-bond donors (Lipinski definition) is 2. The minimum absolute atomic E-state index is 0. The Kier molecular flexibility index (Phi) is 10.1. The molecule has 2 aliphatic heterocycles. The van der Waals surface area contributed by atoms with Crippen molar-refractivity contribution in [1.29, 1.82) is 0 Å². The average Bonchev–Trinajstić information content (AvgIpc) is 3.43. The van der Waals surface area contributed by atoms with Crippen molar-refractivity contribution < 1.29 is 4.42 Å². The summed E-state index contributed by atoms with van der Waals surface area (Å²) in [6.45, 7) is 11.1. The van der Waals surface area contributed by atoms with Gasteiger partial charge in [0.05, 0.1) is 12.3 Å². The first-order valence-electron chi connectivity index (χ1n) is 10.6. The molecule has 160 valence electrons. The maximum absolute atomic E-state index is 5.72. The predicted octanol–water partition coefficient (Wildman–Crippen LogP) is 3.32. The molecule has 1 aromatic rings. The van der Waals surface area contributed by atoms with Crippen molar-refractivity contribution in [1.82, 2.24) is 20.4 Å². The maximum Gasteiger partial charge on any atom is 0.191 e. The van der Waals surface area contributed by atoms with Gasteiger partial charge in [-0.3, -0.25) is 14.8 Å². The number of nitrogens with zero attached hydrogens (tertiary/aromatic N) is 3. The third-order valence-corrected chi connectivity index (χ3v) is 6.00. The summed E-state index contributed by atoms with van der Waals surface area (Å²) in [7, 11) is 1.85. The van der Waals surface area contributed by atoms with Crippen LogP contribution in [0.1, 0.15) is 51.3 Å². The van der Waals surface area contributed by atoms with Crippen molar-refractivity contribution in [2.45, 2.75) is 51.6 Å². The fraction of sp³-hybridized carbons (Fsp3) is 0.762. The fourth-order valence-corrected chi connectivity index (χ4v) is 4.42. The lowest BCUT2D eigenvalue weighted by molar-refractivity contribution is 0.191. The molecule has 2 atom stereocenters. The van der Waals surface area contributed by atoms with Crippen LogP contribution in [-0.4, -0.2) is 68.1 Å². The third kappa shape index (κ3) is 6.35. The van der Waals surface area contributed by atoms with Gasteiger partial charge in [0.1, 0.15) is 5.76 Å². The van der Waals surface area contributed by atoms with E-state index in [-0.39, 0.29) is 30.0 Å². The molecule has 0 amide bonds. The van der Waals surface area contributed by atoms with Gasteiger partial charge in [0.15, 0.2) is 5.96 Å². The Morgan fingerprint density at radius 1 is 1.04 bits per heavy atom. The number of rotatable bonds is 8. The highest BCUT2D eigenvalue weighted by atomic mass is 127. The van der Waals surface area contributed by atoms with Crippen LogP contribution in [0.5, 0.6) is 0 Å². The van der Waals surface area contributed by atoms with E-state index in [0.29, 0.717) is 12.0 Å². The minimum Gasteiger partial charge on any atom is -0.468 e. The van der Waals surface area contributed by atoms with Crippen LogP contribution in [0.2, 0.25) is 0 Å². The monoisotopic (exact) mass is 503 g/mol. The number of halogens is 1. The molecule has 2 fully saturated rings. The normalized spacial score (nSPS) is 20.9. The molecule has 0 spiro atoms. The first kappa shape index (κ1) is 23.5. The SMILES string of the molecule is CN=C(NCC(c1ccco1)N1CCCC1)NCC(C(C)C)N1CCCC1.I. The average molecular weight is 503 g/mol. The van der Waals surface area contributed by atoms with Crippen molar-refractivity contribution in [3.63, 3.8) is 0 Å². The summed E-state index contributed by atoms with van der Waals surface area (Å²) < 4.78 is 5.72. The van der Waals surface area contributed by atoms with Crippen LogP contribution in [-0.2, 0) is 0 Å². The molecule has 0 aliphatic carbocycles. The minimum atomic E-state index is 0. The molecule has 6 nitrogen and oxygen atoms in total. The molecule has 0 radical (unpaired) electrons. The lowest BCUT2D eigenvalue weighted by Gasteiger charge is -2.32. The Hall–Kier alpha value is -0.800. The number of aliphatic imine (C=N–C) groups is 1. The Labute approximate surface area is 187 Å². The van der Waals surface area contributed by atoms with E-state index in [0.717, 1.165) is 37.9 Å². The van der Waals surface area contributed by atoms with Crippen LogP contribution in [0.25, 0.3) is 0 Å². The summed E-state index contributed by atoms with van der Waals surface area (Å²) >= 11 is 0. The smallest absolute Gasteiger partial charge is 0.191 e. The van der Waals surface area contributed by atoms with E-state index < -0.39 is 0 Å². The number of guanidine groups is 1. The van der Waals surface area contributed by atoms with Crippen LogP contribution in [0.4, 0.5) is 0 Å². The van der Waals surface area contributed by atoms with Crippen LogP contribution < -0.4 is 10.6 Å². The Bertz CT molecular complexity index is 565. The zero-order chi connectivity index (χ0) is 19.1. The summed E-state index contributed by atoms with van der Waals surface area (Å²) in [6.07, 6.45) is 6.98. The molecule has 2 saturated heterocycles. The van der Waals surface area contributed by atoms with Crippen molar-refractivity contribution in [2.75, 3.05) is 46.3 Å². The lowest BCUT2D eigenvalue weighted by Crippen LogP contribution is -2.49. The van der Waals surface area contributed by atoms with Gasteiger partial charge in [-0.25, -0.2) is 0 Å². The molecule has 3 heterocycles. The molecule has 2 unspecified atom stereocenters. The largest absolute Gasteiger partial charge is 0.468 e. The highest BCUT2D eigenvalue weighted by Crippen LogP contribution is 2.24. The molecule has 0 aromatic carbocycles. The molecule has 2 aliphatic rings. The number of furan rings is 1. The summed E-state index contributed by atoms with van der Waals surface area (Å²) in [5, 5.41) is 7.11. The lowest BCUT2D eigenvalue weighted by atomic mass is 10.0.